The number of hydrogen-bond donors (Lipinski definition) is 0. The molecule has 0 aliphatic carbocycles. The minimum Gasteiger partial charge on any atom is -0.462 e. The van der Waals surface area contributed by atoms with Gasteiger partial charge in [-0.2, -0.15) is 0 Å². The average molecular weight is 1100 g/mol. The van der Waals surface area contributed by atoms with Gasteiger partial charge in [0.25, 0.3) is 0 Å². The summed E-state index contributed by atoms with van der Waals surface area (Å²) in [5.74, 6) is -0.841. The molecule has 0 heterocycles. The van der Waals surface area contributed by atoms with Crippen molar-refractivity contribution in [2.24, 2.45) is 0 Å². The second-order valence-corrected chi connectivity index (χ2v) is 24.5. The SMILES string of the molecule is CCCCCCCCCC/C=C\CCCCCCCCCCCCCCCCCCCC(=O)OCC(COC(=O)CCCCCCCC)OC(=O)CCCCCCCCCCCCCCCCCCCCCCCCCCC. The van der Waals surface area contributed by atoms with E-state index >= 15 is 0 Å². The van der Waals surface area contributed by atoms with Gasteiger partial charge >= 0.3 is 17.9 Å². The molecule has 0 aliphatic rings. The van der Waals surface area contributed by atoms with Crippen molar-refractivity contribution in [2.75, 3.05) is 13.2 Å². The molecule has 6 heteroatoms. The van der Waals surface area contributed by atoms with Gasteiger partial charge in [0, 0.05) is 19.3 Å². The van der Waals surface area contributed by atoms with Crippen LogP contribution in [0, 0.1) is 0 Å². The number of carbonyl (C=O) groups is 3. The normalized spacial score (nSPS) is 12.0. The van der Waals surface area contributed by atoms with E-state index in [1.165, 1.54) is 315 Å². The molecule has 0 amide bonds. The number of ether oxygens (including phenoxy) is 3. The first-order valence-corrected chi connectivity index (χ1v) is 35.7. The molecule has 0 spiro atoms. The third-order valence-electron chi connectivity index (χ3n) is 16.5. The van der Waals surface area contributed by atoms with Crippen molar-refractivity contribution >= 4 is 17.9 Å². The fraction of sp³-hybridized carbons (Fsp3) is 0.931. The van der Waals surface area contributed by atoms with Crippen LogP contribution in [0.25, 0.3) is 0 Å². The molecule has 0 bridgehead atoms. The van der Waals surface area contributed by atoms with Crippen LogP contribution >= 0.6 is 0 Å². The highest BCUT2D eigenvalue weighted by Crippen LogP contribution is 2.19. The predicted octanol–water partition coefficient (Wildman–Crippen LogP) is 24.4. The van der Waals surface area contributed by atoms with Gasteiger partial charge in [-0.05, 0) is 44.9 Å². The number of allylic oxidation sites excluding steroid dienone is 2. The van der Waals surface area contributed by atoms with Gasteiger partial charge in [-0.25, -0.2) is 0 Å². The first-order chi connectivity index (χ1) is 38.5. The lowest BCUT2D eigenvalue weighted by molar-refractivity contribution is -0.167. The monoisotopic (exact) mass is 1100 g/mol. The maximum atomic E-state index is 12.9. The highest BCUT2D eigenvalue weighted by molar-refractivity contribution is 5.71. The van der Waals surface area contributed by atoms with Crippen LogP contribution < -0.4 is 0 Å². The van der Waals surface area contributed by atoms with Gasteiger partial charge in [0.05, 0.1) is 0 Å². The van der Waals surface area contributed by atoms with Crippen molar-refractivity contribution in [2.45, 2.75) is 419 Å². The molecule has 0 saturated carbocycles. The predicted molar refractivity (Wildman–Crippen MR) is 340 cm³/mol. The smallest absolute Gasteiger partial charge is 0.306 e. The van der Waals surface area contributed by atoms with Crippen molar-refractivity contribution in [1.82, 2.24) is 0 Å². The summed E-state index contributed by atoms with van der Waals surface area (Å²) in [4.78, 5) is 38.1. The first-order valence-electron chi connectivity index (χ1n) is 35.7. The van der Waals surface area contributed by atoms with Crippen LogP contribution in [-0.4, -0.2) is 37.2 Å². The Morgan fingerprint density at radius 3 is 0.641 bits per heavy atom. The van der Waals surface area contributed by atoms with Gasteiger partial charge in [0.15, 0.2) is 6.10 Å². The van der Waals surface area contributed by atoms with E-state index in [4.69, 9.17) is 14.2 Å². The van der Waals surface area contributed by atoms with Gasteiger partial charge in [0.1, 0.15) is 13.2 Å². The van der Waals surface area contributed by atoms with Crippen molar-refractivity contribution < 1.29 is 28.6 Å². The molecule has 6 nitrogen and oxygen atoms in total. The number of rotatable bonds is 67. The molecule has 462 valence electrons. The summed E-state index contributed by atoms with van der Waals surface area (Å²) in [5.41, 5.74) is 0. The lowest BCUT2D eigenvalue weighted by Gasteiger charge is -2.18. The van der Waals surface area contributed by atoms with Crippen molar-refractivity contribution in [3.8, 4) is 0 Å². The molecule has 0 aliphatic heterocycles. The van der Waals surface area contributed by atoms with Crippen LogP contribution in [-0.2, 0) is 28.6 Å². The molecule has 0 aromatic rings. The van der Waals surface area contributed by atoms with Crippen LogP contribution in [0.1, 0.15) is 412 Å². The largest absolute Gasteiger partial charge is 0.462 e. The van der Waals surface area contributed by atoms with Crippen LogP contribution in [0.5, 0.6) is 0 Å². The summed E-state index contributed by atoms with van der Waals surface area (Å²) >= 11 is 0. The first kappa shape index (κ1) is 76.1. The summed E-state index contributed by atoms with van der Waals surface area (Å²) in [6.45, 7) is 6.67. The quantitative estimate of drug-likeness (QED) is 0.0261. The zero-order chi connectivity index (χ0) is 56.4. The molecule has 1 unspecified atom stereocenters. The molecule has 0 aromatic carbocycles. The van der Waals surface area contributed by atoms with E-state index in [1.807, 2.05) is 0 Å². The highest BCUT2D eigenvalue weighted by atomic mass is 16.6. The summed E-state index contributed by atoms with van der Waals surface area (Å²) in [5, 5.41) is 0. The van der Waals surface area contributed by atoms with E-state index in [1.54, 1.807) is 0 Å². The lowest BCUT2D eigenvalue weighted by Crippen LogP contribution is -2.30. The molecule has 0 rings (SSSR count). The maximum absolute atomic E-state index is 12.9. The van der Waals surface area contributed by atoms with Crippen LogP contribution in [0.3, 0.4) is 0 Å². The van der Waals surface area contributed by atoms with Gasteiger partial charge in [-0.3, -0.25) is 14.4 Å². The molecular weight excluding hydrogens is 961 g/mol. The van der Waals surface area contributed by atoms with Gasteiger partial charge in [0.2, 0.25) is 0 Å². The summed E-state index contributed by atoms with van der Waals surface area (Å²) in [7, 11) is 0. The molecule has 0 fully saturated rings. The van der Waals surface area contributed by atoms with E-state index in [0.29, 0.717) is 19.3 Å². The van der Waals surface area contributed by atoms with Crippen molar-refractivity contribution in [3.63, 3.8) is 0 Å². The fourth-order valence-electron chi connectivity index (χ4n) is 11.2. The van der Waals surface area contributed by atoms with E-state index in [-0.39, 0.29) is 31.1 Å². The number of unbranched alkanes of at least 4 members (excludes halogenated alkanes) is 54. The van der Waals surface area contributed by atoms with E-state index in [0.717, 1.165) is 57.8 Å². The summed E-state index contributed by atoms with van der Waals surface area (Å²) in [6, 6.07) is 0. The molecule has 0 radical (unpaired) electrons. The van der Waals surface area contributed by atoms with E-state index < -0.39 is 6.10 Å². The lowest BCUT2D eigenvalue weighted by atomic mass is 10.0. The Labute approximate surface area is 488 Å². The van der Waals surface area contributed by atoms with Gasteiger partial charge < -0.3 is 14.2 Å². The third-order valence-corrected chi connectivity index (χ3v) is 16.5. The van der Waals surface area contributed by atoms with Crippen LogP contribution in [0.15, 0.2) is 12.2 Å². The fourth-order valence-corrected chi connectivity index (χ4v) is 11.2. The Morgan fingerprint density at radius 2 is 0.423 bits per heavy atom. The summed E-state index contributed by atoms with van der Waals surface area (Å²) < 4.78 is 16.9. The second-order valence-electron chi connectivity index (χ2n) is 24.5. The molecule has 78 heavy (non-hydrogen) atoms. The minimum atomic E-state index is -0.763. The zero-order valence-corrected chi connectivity index (χ0v) is 53.2. The molecular formula is C72H138O6. The molecule has 0 saturated heterocycles. The number of carbonyl (C=O) groups excluding carboxylic acids is 3. The van der Waals surface area contributed by atoms with E-state index in [2.05, 4.69) is 32.9 Å². The van der Waals surface area contributed by atoms with E-state index in [9.17, 15) is 14.4 Å². The zero-order valence-electron chi connectivity index (χ0n) is 53.2. The average Bonchev–Trinajstić information content (AvgIpc) is 3.44. The second kappa shape index (κ2) is 67.7. The Morgan fingerprint density at radius 1 is 0.244 bits per heavy atom. The number of hydrogen-bond acceptors (Lipinski definition) is 6. The highest BCUT2D eigenvalue weighted by Gasteiger charge is 2.19. The molecule has 1 atom stereocenters. The van der Waals surface area contributed by atoms with Crippen molar-refractivity contribution in [3.05, 3.63) is 12.2 Å². The van der Waals surface area contributed by atoms with Crippen LogP contribution in [0.2, 0.25) is 0 Å². The van der Waals surface area contributed by atoms with Gasteiger partial charge in [-0.1, -0.05) is 360 Å². The Kier molecular flexibility index (Phi) is 66.0. The Bertz CT molecular complexity index is 1210. The van der Waals surface area contributed by atoms with Crippen molar-refractivity contribution in [1.29, 1.82) is 0 Å². The van der Waals surface area contributed by atoms with Gasteiger partial charge in [-0.15, -0.1) is 0 Å². The summed E-state index contributed by atoms with van der Waals surface area (Å²) in [6.07, 6.45) is 81.5. The van der Waals surface area contributed by atoms with Crippen LogP contribution in [0.4, 0.5) is 0 Å². The third kappa shape index (κ3) is 65.0. The molecule has 0 aromatic heterocycles. The minimum absolute atomic E-state index is 0.0634. The Hall–Kier alpha value is -1.85. The maximum Gasteiger partial charge on any atom is 0.306 e. The molecule has 0 N–H and O–H groups in total. The standard InChI is InChI=1S/C72H138O6/c1-4-7-10-13-16-18-20-22-24-26-28-30-32-34-35-36-37-39-40-42-44-46-48-50-52-54-56-59-62-65-71(74)77-68-69(67-76-70(73)64-61-58-15-12-9-6-3)78-72(75)66-63-60-57-55-53-51-49-47-45-43-41-38-33-31-29-27-25-23-21-19-17-14-11-8-5-2/h26,28,69H,4-25,27,29-68H2,1-3H3/b28-26-. The topological polar surface area (TPSA) is 78.9 Å². The Balaban J connectivity index is 3.95. The number of esters is 3.